The van der Waals surface area contributed by atoms with Crippen LogP contribution in [0.2, 0.25) is 0 Å². The van der Waals surface area contributed by atoms with Crippen molar-refractivity contribution in [2.24, 2.45) is 5.10 Å². The highest BCUT2D eigenvalue weighted by atomic mass is 16.2. The molecule has 0 spiro atoms. The maximum Gasteiger partial charge on any atom is 0.259 e. The number of nitrogens with zero attached hydrogens (tertiary/aromatic N) is 2. The van der Waals surface area contributed by atoms with Crippen LogP contribution in [-0.2, 0) is 10.2 Å². The van der Waals surface area contributed by atoms with Gasteiger partial charge in [0.25, 0.3) is 5.91 Å². The number of rotatable bonds is 4. The summed E-state index contributed by atoms with van der Waals surface area (Å²) in [7, 11) is 1.71. The van der Waals surface area contributed by atoms with Gasteiger partial charge in [0.2, 0.25) is 0 Å². The van der Waals surface area contributed by atoms with Crippen LogP contribution in [-0.4, -0.2) is 23.7 Å². The molecule has 1 unspecified atom stereocenters. The summed E-state index contributed by atoms with van der Waals surface area (Å²) in [5, 5.41) is 5.98. The van der Waals surface area contributed by atoms with Crippen LogP contribution in [0.15, 0.2) is 78.4 Å². The van der Waals surface area contributed by atoms with Gasteiger partial charge >= 0.3 is 0 Å². The van der Waals surface area contributed by atoms with Crippen LogP contribution in [0.3, 0.4) is 0 Å². The van der Waals surface area contributed by atoms with E-state index in [4.69, 9.17) is 0 Å². The Morgan fingerprint density at radius 1 is 1.09 bits per heavy atom. The zero-order valence-corrected chi connectivity index (χ0v) is 12.6. The maximum atomic E-state index is 13.0. The van der Waals surface area contributed by atoms with E-state index in [1.165, 1.54) is 5.01 Å². The molecule has 0 radical (unpaired) electrons. The van der Waals surface area contributed by atoms with E-state index in [9.17, 15) is 4.79 Å². The van der Waals surface area contributed by atoms with Gasteiger partial charge in [-0.2, -0.15) is 5.10 Å². The normalized spacial score (nSPS) is 20.9. The van der Waals surface area contributed by atoms with Crippen LogP contribution in [0.25, 0.3) is 0 Å². The lowest BCUT2D eigenvalue weighted by atomic mass is 9.71. The molecule has 0 bridgehead atoms. The third-order valence-electron chi connectivity index (χ3n) is 4.08. The number of carbonyl (C=O) groups is 1. The van der Waals surface area contributed by atoms with Crippen LogP contribution in [0.4, 0.5) is 0 Å². The van der Waals surface area contributed by atoms with Gasteiger partial charge in [-0.05, 0) is 17.5 Å². The molecule has 3 rings (SSSR count). The van der Waals surface area contributed by atoms with Crippen molar-refractivity contribution in [3.05, 3.63) is 84.4 Å². The predicted molar refractivity (Wildman–Crippen MR) is 88.7 cm³/mol. The molecular formula is C19H18N2O. The second kappa shape index (κ2) is 5.60. The van der Waals surface area contributed by atoms with Gasteiger partial charge in [-0.1, -0.05) is 66.7 Å². The quantitative estimate of drug-likeness (QED) is 0.795. The van der Waals surface area contributed by atoms with Crippen LogP contribution in [0.1, 0.15) is 17.5 Å². The Hall–Kier alpha value is -2.68. The zero-order valence-electron chi connectivity index (χ0n) is 12.6. The molecule has 0 fully saturated rings. The largest absolute Gasteiger partial charge is 0.271 e. The van der Waals surface area contributed by atoms with Crippen molar-refractivity contribution < 1.29 is 4.79 Å². The Balaban J connectivity index is 2.24. The van der Waals surface area contributed by atoms with Gasteiger partial charge in [0.05, 0.1) is 5.71 Å². The van der Waals surface area contributed by atoms with E-state index in [1.54, 1.807) is 13.1 Å². The number of likely N-dealkylation sites (N-methyl/N-ethyl adjacent to an activating group) is 1. The Morgan fingerprint density at radius 2 is 1.68 bits per heavy atom. The topological polar surface area (TPSA) is 32.7 Å². The summed E-state index contributed by atoms with van der Waals surface area (Å²) < 4.78 is 0. The van der Waals surface area contributed by atoms with Gasteiger partial charge in [0.1, 0.15) is 5.41 Å². The van der Waals surface area contributed by atoms with E-state index < -0.39 is 5.41 Å². The highest BCUT2D eigenvalue weighted by Gasteiger charge is 2.50. The Morgan fingerprint density at radius 3 is 2.27 bits per heavy atom. The van der Waals surface area contributed by atoms with Crippen molar-refractivity contribution in [1.82, 2.24) is 5.01 Å². The number of amides is 1. The average molecular weight is 290 g/mol. The second-order valence-electron chi connectivity index (χ2n) is 5.41. The minimum absolute atomic E-state index is 0.0162. The van der Waals surface area contributed by atoms with Gasteiger partial charge in [0, 0.05) is 7.05 Å². The summed E-state index contributed by atoms with van der Waals surface area (Å²) in [5.74, 6) is -0.0162. The van der Waals surface area contributed by atoms with E-state index >= 15 is 0 Å². The molecule has 1 aliphatic rings. The van der Waals surface area contributed by atoms with E-state index in [1.807, 2.05) is 60.7 Å². The van der Waals surface area contributed by atoms with Crippen molar-refractivity contribution in [3.63, 3.8) is 0 Å². The number of hydrogen-bond donors (Lipinski definition) is 0. The number of carbonyl (C=O) groups excluding carboxylic acids is 1. The third kappa shape index (κ3) is 2.06. The lowest BCUT2D eigenvalue weighted by Gasteiger charge is -2.28. The van der Waals surface area contributed by atoms with Gasteiger partial charge in [-0.3, -0.25) is 4.79 Å². The molecule has 0 aliphatic carbocycles. The molecule has 0 saturated heterocycles. The SMILES string of the molecule is C=CCC1(c2ccccc2)C(=O)N(C)N=C1c1ccccc1. The number of hydrogen-bond acceptors (Lipinski definition) is 2. The predicted octanol–water partition coefficient (Wildman–Crippen LogP) is 3.38. The van der Waals surface area contributed by atoms with Crippen molar-refractivity contribution >= 4 is 11.6 Å². The van der Waals surface area contributed by atoms with Crippen LogP contribution >= 0.6 is 0 Å². The van der Waals surface area contributed by atoms with E-state index in [0.717, 1.165) is 16.8 Å². The maximum absolute atomic E-state index is 13.0. The molecule has 0 saturated carbocycles. The zero-order chi connectivity index (χ0) is 15.6. The fraction of sp³-hybridized carbons (Fsp3) is 0.158. The first-order valence-electron chi connectivity index (χ1n) is 7.29. The summed E-state index contributed by atoms with van der Waals surface area (Å²) in [5.41, 5.74) is 1.91. The van der Waals surface area contributed by atoms with Crippen molar-refractivity contribution in [3.8, 4) is 0 Å². The Kier molecular flexibility index (Phi) is 3.63. The summed E-state index contributed by atoms with van der Waals surface area (Å²) in [6, 6.07) is 19.7. The van der Waals surface area contributed by atoms with Crippen molar-refractivity contribution in [2.75, 3.05) is 7.05 Å². The fourth-order valence-electron chi connectivity index (χ4n) is 3.06. The number of hydrazone groups is 1. The minimum atomic E-state index is -0.793. The first kappa shape index (κ1) is 14.3. The molecule has 1 heterocycles. The molecule has 1 aliphatic heterocycles. The monoisotopic (exact) mass is 290 g/mol. The fourth-order valence-corrected chi connectivity index (χ4v) is 3.06. The third-order valence-corrected chi connectivity index (χ3v) is 4.08. The molecule has 3 heteroatoms. The van der Waals surface area contributed by atoms with Crippen LogP contribution in [0.5, 0.6) is 0 Å². The second-order valence-corrected chi connectivity index (χ2v) is 5.41. The summed E-state index contributed by atoms with van der Waals surface area (Å²) in [4.78, 5) is 13.0. The number of benzene rings is 2. The Bertz CT molecular complexity index is 722. The summed E-state index contributed by atoms with van der Waals surface area (Å²) >= 11 is 0. The molecular weight excluding hydrogens is 272 g/mol. The molecule has 110 valence electrons. The molecule has 22 heavy (non-hydrogen) atoms. The molecule has 0 N–H and O–H groups in total. The van der Waals surface area contributed by atoms with Crippen molar-refractivity contribution in [1.29, 1.82) is 0 Å². The van der Waals surface area contributed by atoms with Gasteiger partial charge in [-0.25, -0.2) is 5.01 Å². The van der Waals surface area contributed by atoms with Crippen LogP contribution < -0.4 is 0 Å². The molecule has 2 aromatic rings. The molecule has 2 aromatic carbocycles. The van der Waals surface area contributed by atoms with Crippen LogP contribution in [0, 0.1) is 0 Å². The first-order valence-corrected chi connectivity index (χ1v) is 7.29. The standard InChI is InChI=1S/C19H18N2O/c1-3-14-19(16-12-8-5-9-13-16)17(20-21(2)18(19)22)15-10-6-4-7-11-15/h3-13H,1,14H2,2H3. The average Bonchev–Trinajstić information content (AvgIpc) is 2.83. The minimum Gasteiger partial charge on any atom is -0.271 e. The number of allylic oxidation sites excluding steroid dienone is 1. The van der Waals surface area contributed by atoms with E-state index in [-0.39, 0.29) is 5.91 Å². The smallest absolute Gasteiger partial charge is 0.259 e. The van der Waals surface area contributed by atoms with E-state index in [0.29, 0.717) is 6.42 Å². The highest BCUT2D eigenvalue weighted by Crippen LogP contribution is 2.39. The molecule has 1 atom stereocenters. The van der Waals surface area contributed by atoms with Gasteiger partial charge in [-0.15, -0.1) is 6.58 Å². The highest BCUT2D eigenvalue weighted by molar-refractivity contribution is 6.24. The first-order chi connectivity index (χ1) is 10.7. The van der Waals surface area contributed by atoms with E-state index in [2.05, 4.69) is 11.7 Å². The lowest BCUT2D eigenvalue weighted by molar-refractivity contribution is -0.131. The summed E-state index contributed by atoms with van der Waals surface area (Å²) in [6.45, 7) is 3.86. The molecule has 0 aromatic heterocycles. The lowest BCUT2D eigenvalue weighted by Crippen LogP contribution is -2.43. The summed E-state index contributed by atoms with van der Waals surface area (Å²) in [6.07, 6.45) is 2.32. The van der Waals surface area contributed by atoms with Crippen molar-refractivity contribution in [2.45, 2.75) is 11.8 Å². The van der Waals surface area contributed by atoms with Gasteiger partial charge in [0.15, 0.2) is 0 Å². The molecule has 1 amide bonds. The van der Waals surface area contributed by atoms with Gasteiger partial charge < -0.3 is 0 Å². The Labute approximate surface area is 130 Å². The molecule has 3 nitrogen and oxygen atoms in total.